The van der Waals surface area contributed by atoms with Gasteiger partial charge in [-0.25, -0.2) is 9.97 Å². The van der Waals surface area contributed by atoms with Crippen LogP contribution in [0, 0.1) is 5.92 Å². The number of anilines is 1. The van der Waals surface area contributed by atoms with Crippen LogP contribution in [0.2, 0.25) is 0 Å². The Bertz CT molecular complexity index is 1270. The summed E-state index contributed by atoms with van der Waals surface area (Å²) in [5.41, 5.74) is 10.5. The smallest absolute Gasteiger partial charge is 0.225 e. The van der Waals surface area contributed by atoms with Crippen molar-refractivity contribution < 1.29 is 14.3 Å². The molecule has 1 atom stereocenters. The summed E-state index contributed by atoms with van der Waals surface area (Å²) in [5, 5.41) is 0.863. The molecule has 190 valence electrons. The van der Waals surface area contributed by atoms with Crippen LogP contribution >= 0.6 is 11.8 Å². The first-order valence-electron chi connectivity index (χ1n) is 13.0. The minimum atomic E-state index is 0.0744. The Kier molecular flexibility index (Phi) is 6.52. The Morgan fingerprint density at radius 1 is 1.25 bits per heavy atom. The summed E-state index contributed by atoms with van der Waals surface area (Å²) >= 11 is 1.93. The molecule has 2 aliphatic heterocycles. The number of thioether (sulfide) groups is 1. The standard InChI is InChI=1S/C27H33N5O3S/c1-2-34-15-21-6-5-17-3-4-18(13-23(17)35-21)22-14-32(26-24(22)25(28)29-16-30-26)20-11-19(12-20)27(33)31-7-9-36-10-8-31/h3-4,13-14,16,19-21H,2,5-12,15H2,1H3,(H2,28,29,30). The lowest BCUT2D eigenvalue weighted by molar-refractivity contribution is -0.139. The van der Waals surface area contributed by atoms with Crippen LogP contribution in [0.1, 0.15) is 37.8 Å². The van der Waals surface area contributed by atoms with Crippen molar-refractivity contribution >= 4 is 34.5 Å². The lowest BCUT2D eigenvalue weighted by atomic mass is 9.79. The number of hydrogen-bond donors (Lipinski definition) is 1. The summed E-state index contributed by atoms with van der Waals surface area (Å²) in [4.78, 5) is 23.9. The molecule has 0 bridgehead atoms. The number of benzene rings is 1. The van der Waals surface area contributed by atoms with Gasteiger partial charge in [0.1, 0.15) is 29.6 Å². The molecule has 9 heteroatoms. The van der Waals surface area contributed by atoms with E-state index in [4.69, 9.17) is 15.2 Å². The molecule has 2 aromatic heterocycles. The summed E-state index contributed by atoms with van der Waals surface area (Å²) < 4.78 is 14.1. The van der Waals surface area contributed by atoms with Crippen molar-refractivity contribution in [3.05, 3.63) is 36.3 Å². The van der Waals surface area contributed by atoms with Crippen molar-refractivity contribution in [2.45, 2.75) is 44.8 Å². The van der Waals surface area contributed by atoms with E-state index in [9.17, 15) is 4.79 Å². The van der Waals surface area contributed by atoms with Gasteiger partial charge in [-0.1, -0.05) is 12.1 Å². The van der Waals surface area contributed by atoms with Crippen LogP contribution < -0.4 is 10.5 Å². The molecular weight excluding hydrogens is 474 g/mol. The first-order chi connectivity index (χ1) is 17.6. The number of fused-ring (bicyclic) bond motifs is 2. The largest absolute Gasteiger partial charge is 0.488 e. The Balaban J connectivity index is 1.27. The fraction of sp³-hybridized carbons (Fsp3) is 0.519. The molecule has 36 heavy (non-hydrogen) atoms. The number of carbonyl (C=O) groups is 1. The van der Waals surface area contributed by atoms with Crippen molar-refractivity contribution in [3.63, 3.8) is 0 Å². The maximum Gasteiger partial charge on any atom is 0.225 e. The first-order valence-corrected chi connectivity index (χ1v) is 14.1. The molecule has 0 spiro atoms. The van der Waals surface area contributed by atoms with E-state index in [-0.39, 0.29) is 18.1 Å². The van der Waals surface area contributed by atoms with E-state index in [2.05, 4.69) is 38.9 Å². The van der Waals surface area contributed by atoms with E-state index in [1.165, 1.54) is 11.9 Å². The second-order valence-electron chi connectivity index (χ2n) is 9.93. The maximum absolute atomic E-state index is 13.0. The molecule has 2 fully saturated rings. The predicted octanol–water partition coefficient (Wildman–Crippen LogP) is 3.94. The van der Waals surface area contributed by atoms with Gasteiger partial charge in [-0.2, -0.15) is 11.8 Å². The number of carbonyl (C=O) groups excluding carboxylic acids is 1. The van der Waals surface area contributed by atoms with E-state index in [0.29, 0.717) is 24.9 Å². The van der Waals surface area contributed by atoms with Crippen LogP contribution in [0.25, 0.3) is 22.2 Å². The van der Waals surface area contributed by atoms with Gasteiger partial charge in [0.05, 0.1) is 12.0 Å². The molecule has 3 aliphatic rings. The lowest BCUT2D eigenvalue weighted by Crippen LogP contribution is -2.45. The summed E-state index contributed by atoms with van der Waals surface area (Å²) in [6.45, 7) is 5.05. The summed E-state index contributed by atoms with van der Waals surface area (Å²) in [6.07, 6.45) is 7.35. The van der Waals surface area contributed by atoms with Crippen LogP contribution in [-0.4, -0.2) is 69.3 Å². The Morgan fingerprint density at radius 2 is 2.08 bits per heavy atom. The average molecular weight is 508 g/mol. The van der Waals surface area contributed by atoms with E-state index >= 15 is 0 Å². The fourth-order valence-corrected chi connectivity index (χ4v) is 6.53. The summed E-state index contributed by atoms with van der Waals surface area (Å²) in [7, 11) is 0. The molecule has 0 radical (unpaired) electrons. The number of nitrogen functional groups attached to an aromatic ring is 1. The van der Waals surface area contributed by atoms with E-state index in [1.54, 1.807) is 0 Å². The van der Waals surface area contributed by atoms with Crippen LogP contribution in [-0.2, 0) is 16.0 Å². The van der Waals surface area contributed by atoms with E-state index < -0.39 is 0 Å². The lowest BCUT2D eigenvalue weighted by Gasteiger charge is -2.39. The minimum absolute atomic E-state index is 0.0744. The average Bonchev–Trinajstić information content (AvgIpc) is 3.27. The van der Waals surface area contributed by atoms with Gasteiger partial charge in [-0.3, -0.25) is 4.79 Å². The number of hydrogen-bond acceptors (Lipinski definition) is 7. The van der Waals surface area contributed by atoms with Gasteiger partial charge in [0.15, 0.2) is 0 Å². The zero-order chi connectivity index (χ0) is 24.6. The SMILES string of the molecule is CCOCC1CCc2ccc(-c3cn(C4CC(C(=O)N5CCSCC5)C4)c4ncnc(N)c34)cc2O1. The third kappa shape index (κ3) is 4.32. The van der Waals surface area contributed by atoms with Gasteiger partial charge in [-0.05, 0) is 49.8 Å². The van der Waals surface area contributed by atoms with E-state index in [1.807, 2.05) is 23.6 Å². The maximum atomic E-state index is 13.0. The quantitative estimate of drug-likeness (QED) is 0.540. The first kappa shape index (κ1) is 23.6. The second-order valence-corrected chi connectivity index (χ2v) is 11.2. The highest BCUT2D eigenvalue weighted by Crippen LogP contribution is 2.44. The number of ether oxygens (including phenoxy) is 2. The van der Waals surface area contributed by atoms with Gasteiger partial charge >= 0.3 is 0 Å². The third-order valence-corrected chi connectivity index (χ3v) is 8.68. The number of amides is 1. The zero-order valence-electron chi connectivity index (χ0n) is 20.7. The number of rotatable bonds is 6. The molecule has 6 rings (SSSR count). The van der Waals surface area contributed by atoms with Crippen molar-refractivity contribution in [1.82, 2.24) is 19.4 Å². The predicted molar refractivity (Wildman–Crippen MR) is 142 cm³/mol. The Hall–Kier alpha value is -2.78. The molecule has 4 heterocycles. The molecule has 1 saturated carbocycles. The minimum Gasteiger partial charge on any atom is -0.488 e. The molecule has 3 aromatic rings. The Morgan fingerprint density at radius 3 is 2.89 bits per heavy atom. The summed E-state index contributed by atoms with van der Waals surface area (Å²) in [5.74, 6) is 3.87. The van der Waals surface area contributed by atoms with Crippen LogP contribution in [0.5, 0.6) is 5.75 Å². The number of nitrogens with zero attached hydrogens (tertiary/aromatic N) is 4. The fourth-order valence-electron chi connectivity index (χ4n) is 5.62. The molecule has 1 aliphatic carbocycles. The van der Waals surface area contributed by atoms with Crippen molar-refractivity contribution in [3.8, 4) is 16.9 Å². The zero-order valence-corrected chi connectivity index (χ0v) is 21.5. The molecular formula is C27H33N5O3S. The highest BCUT2D eigenvalue weighted by molar-refractivity contribution is 7.99. The second kappa shape index (κ2) is 9.94. The molecule has 1 aromatic carbocycles. The van der Waals surface area contributed by atoms with Crippen molar-refractivity contribution in [1.29, 1.82) is 0 Å². The number of aromatic nitrogens is 3. The molecule has 8 nitrogen and oxygen atoms in total. The van der Waals surface area contributed by atoms with Gasteiger partial charge < -0.3 is 24.7 Å². The van der Waals surface area contributed by atoms with E-state index in [0.717, 1.165) is 78.2 Å². The molecule has 1 saturated heterocycles. The summed E-state index contributed by atoms with van der Waals surface area (Å²) in [6, 6.07) is 6.63. The van der Waals surface area contributed by atoms with Gasteiger partial charge in [-0.15, -0.1) is 0 Å². The van der Waals surface area contributed by atoms with Crippen LogP contribution in [0.4, 0.5) is 5.82 Å². The molecule has 2 N–H and O–H groups in total. The molecule has 1 amide bonds. The topological polar surface area (TPSA) is 95.5 Å². The molecule has 1 unspecified atom stereocenters. The monoisotopic (exact) mass is 507 g/mol. The highest BCUT2D eigenvalue weighted by atomic mass is 32.2. The van der Waals surface area contributed by atoms with Gasteiger partial charge in [0.2, 0.25) is 5.91 Å². The Labute approximate surface area is 215 Å². The third-order valence-electron chi connectivity index (χ3n) is 7.73. The van der Waals surface area contributed by atoms with Crippen molar-refractivity contribution in [2.24, 2.45) is 5.92 Å². The highest BCUT2D eigenvalue weighted by Gasteiger charge is 2.39. The van der Waals surface area contributed by atoms with Crippen LogP contribution in [0.15, 0.2) is 30.7 Å². The van der Waals surface area contributed by atoms with Gasteiger partial charge in [0.25, 0.3) is 0 Å². The number of aryl methyl sites for hydroxylation is 1. The van der Waals surface area contributed by atoms with Crippen molar-refractivity contribution in [2.75, 3.05) is 43.5 Å². The van der Waals surface area contributed by atoms with Crippen LogP contribution in [0.3, 0.4) is 0 Å². The number of nitrogens with two attached hydrogens (primary N) is 1. The normalized spacial score (nSPS) is 23.7. The van der Waals surface area contributed by atoms with Gasteiger partial charge in [0, 0.05) is 54.9 Å².